The summed E-state index contributed by atoms with van der Waals surface area (Å²) in [5.74, 6) is 0.230. The Kier molecular flexibility index (Phi) is 11.9. The Bertz CT molecular complexity index is 1200. The van der Waals surface area contributed by atoms with Crippen molar-refractivity contribution < 1.29 is 22.7 Å². The Hall–Kier alpha value is -2.78. The highest BCUT2D eigenvalue weighted by atomic mass is 35.5. The van der Waals surface area contributed by atoms with Crippen molar-refractivity contribution in [3.8, 4) is 5.75 Å². The zero-order chi connectivity index (χ0) is 28.5. The maximum atomic E-state index is 13.6. The number of sulfonamides is 1. The third kappa shape index (κ3) is 8.63. The standard InChI is InChI=1S/C28H40ClN3O5S/c1-7-20(3)30-28(34)25(8-2)31(19-22-12-9-13-23(18-22)37-5)27(33)16-11-17-32(38(6,35)36)26-15-10-14-24(29)21(26)4/h9-10,12-15,18,20,25H,7-8,11,16-17,19H2,1-6H3,(H,30,34)/t20-,25+/m1/s1. The molecule has 10 heteroatoms. The van der Waals surface area contributed by atoms with Gasteiger partial charge in [0, 0.05) is 30.6 Å². The normalized spacial score (nSPS) is 12.9. The van der Waals surface area contributed by atoms with Gasteiger partial charge in [0.25, 0.3) is 0 Å². The fourth-order valence-corrected chi connectivity index (χ4v) is 5.36. The summed E-state index contributed by atoms with van der Waals surface area (Å²) in [6.07, 6.45) is 2.70. The lowest BCUT2D eigenvalue weighted by atomic mass is 10.1. The van der Waals surface area contributed by atoms with Crippen molar-refractivity contribution >= 4 is 39.1 Å². The molecule has 2 atom stereocenters. The smallest absolute Gasteiger partial charge is 0.243 e. The van der Waals surface area contributed by atoms with E-state index in [1.165, 1.54) is 4.31 Å². The molecular weight excluding hydrogens is 526 g/mol. The fourth-order valence-electron chi connectivity index (χ4n) is 4.18. The molecule has 0 spiro atoms. The molecule has 0 aliphatic rings. The minimum absolute atomic E-state index is 0.0189. The highest BCUT2D eigenvalue weighted by Gasteiger charge is 2.29. The minimum atomic E-state index is -3.61. The lowest BCUT2D eigenvalue weighted by Gasteiger charge is -2.32. The molecule has 8 nitrogen and oxygen atoms in total. The largest absolute Gasteiger partial charge is 0.497 e. The molecule has 0 aromatic heterocycles. The van der Waals surface area contributed by atoms with Gasteiger partial charge in [-0.1, -0.05) is 43.6 Å². The van der Waals surface area contributed by atoms with Crippen molar-refractivity contribution in [2.45, 2.75) is 72.0 Å². The molecule has 0 unspecified atom stereocenters. The Morgan fingerprint density at radius 3 is 2.39 bits per heavy atom. The molecule has 2 rings (SSSR count). The van der Waals surface area contributed by atoms with Gasteiger partial charge in [-0.3, -0.25) is 13.9 Å². The van der Waals surface area contributed by atoms with Crippen LogP contribution in [0.3, 0.4) is 0 Å². The first-order chi connectivity index (χ1) is 17.9. The van der Waals surface area contributed by atoms with E-state index in [9.17, 15) is 18.0 Å². The molecule has 0 heterocycles. The van der Waals surface area contributed by atoms with E-state index in [2.05, 4.69) is 5.32 Å². The number of hydrogen-bond donors (Lipinski definition) is 1. The van der Waals surface area contributed by atoms with E-state index < -0.39 is 16.1 Å². The summed E-state index contributed by atoms with van der Waals surface area (Å²) >= 11 is 6.23. The minimum Gasteiger partial charge on any atom is -0.497 e. The SMILES string of the molecule is CC[C@@H](C)NC(=O)[C@H](CC)N(Cc1cccc(OC)c1)C(=O)CCCN(c1cccc(Cl)c1C)S(C)(=O)=O. The molecule has 0 bridgehead atoms. The highest BCUT2D eigenvalue weighted by molar-refractivity contribution is 7.92. The predicted octanol–water partition coefficient (Wildman–Crippen LogP) is 4.93. The summed E-state index contributed by atoms with van der Waals surface area (Å²) in [4.78, 5) is 28.3. The van der Waals surface area contributed by atoms with Crippen LogP contribution in [0.2, 0.25) is 5.02 Å². The van der Waals surface area contributed by atoms with Gasteiger partial charge in [-0.05, 0) is 68.5 Å². The van der Waals surface area contributed by atoms with E-state index in [1.807, 2.05) is 45.0 Å². The van der Waals surface area contributed by atoms with Gasteiger partial charge in [-0.2, -0.15) is 0 Å². The number of amides is 2. The summed E-state index contributed by atoms with van der Waals surface area (Å²) < 4.78 is 31.8. The Balaban J connectivity index is 2.28. The molecule has 0 aliphatic heterocycles. The van der Waals surface area contributed by atoms with Gasteiger partial charge in [0.15, 0.2) is 0 Å². The average molecular weight is 566 g/mol. The van der Waals surface area contributed by atoms with Crippen molar-refractivity contribution in [1.29, 1.82) is 0 Å². The summed E-state index contributed by atoms with van der Waals surface area (Å²) in [6.45, 7) is 7.88. The molecule has 1 N–H and O–H groups in total. The highest BCUT2D eigenvalue weighted by Crippen LogP contribution is 2.28. The lowest BCUT2D eigenvalue weighted by molar-refractivity contribution is -0.141. The Morgan fingerprint density at radius 2 is 1.79 bits per heavy atom. The first-order valence-corrected chi connectivity index (χ1v) is 15.1. The van der Waals surface area contributed by atoms with Gasteiger partial charge < -0.3 is 15.0 Å². The van der Waals surface area contributed by atoms with Crippen LogP contribution >= 0.6 is 11.6 Å². The first-order valence-electron chi connectivity index (χ1n) is 12.9. The zero-order valence-electron chi connectivity index (χ0n) is 23.2. The van der Waals surface area contributed by atoms with Gasteiger partial charge in [-0.25, -0.2) is 8.42 Å². The third-order valence-electron chi connectivity index (χ3n) is 6.53. The predicted molar refractivity (Wildman–Crippen MR) is 153 cm³/mol. The van der Waals surface area contributed by atoms with Crippen molar-refractivity contribution in [1.82, 2.24) is 10.2 Å². The number of anilines is 1. The van der Waals surface area contributed by atoms with Crippen LogP contribution in [0.1, 0.15) is 57.6 Å². The topological polar surface area (TPSA) is 96.0 Å². The summed E-state index contributed by atoms with van der Waals surface area (Å²) in [5, 5.41) is 3.46. The van der Waals surface area contributed by atoms with Gasteiger partial charge >= 0.3 is 0 Å². The number of benzene rings is 2. The fraction of sp³-hybridized carbons (Fsp3) is 0.500. The lowest BCUT2D eigenvalue weighted by Crippen LogP contribution is -2.50. The van der Waals surface area contributed by atoms with Crippen molar-refractivity contribution in [3.05, 3.63) is 58.6 Å². The molecule has 0 saturated carbocycles. The van der Waals surface area contributed by atoms with Gasteiger partial charge in [0.05, 0.1) is 19.1 Å². The molecule has 2 aromatic rings. The number of carbonyl (C=O) groups is 2. The van der Waals surface area contributed by atoms with Crippen LogP contribution in [0.25, 0.3) is 0 Å². The maximum Gasteiger partial charge on any atom is 0.243 e. The first kappa shape index (κ1) is 31.4. The van der Waals surface area contributed by atoms with Crippen molar-refractivity contribution in [2.24, 2.45) is 0 Å². The summed E-state index contributed by atoms with van der Waals surface area (Å²) in [7, 11) is -2.04. The molecule has 0 aliphatic carbocycles. The molecule has 0 saturated heterocycles. The van der Waals surface area contributed by atoms with Crippen molar-refractivity contribution in [3.63, 3.8) is 0 Å². The second kappa shape index (κ2) is 14.4. The second-order valence-corrected chi connectivity index (χ2v) is 11.8. The molecule has 0 radical (unpaired) electrons. The van der Waals surface area contributed by atoms with Gasteiger partial charge in [0.2, 0.25) is 21.8 Å². The monoisotopic (exact) mass is 565 g/mol. The number of halogens is 1. The molecule has 210 valence electrons. The molecule has 2 aromatic carbocycles. The average Bonchev–Trinajstić information content (AvgIpc) is 2.87. The number of hydrogen-bond acceptors (Lipinski definition) is 5. The maximum absolute atomic E-state index is 13.6. The van der Waals surface area contributed by atoms with Crippen LogP contribution in [0.4, 0.5) is 5.69 Å². The van der Waals surface area contributed by atoms with Gasteiger partial charge in [0.1, 0.15) is 11.8 Å². The van der Waals surface area contributed by atoms with E-state index in [1.54, 1.807) is 37.1 Å². The molecule has 38 heavy (non-hydrogen) atoms. The van der Waals surface area contributed by atoms with Gasteiger partial charge in [-0.15, -0.1) is 0 Å². The second-order valence-electron chi connectivity index (χ2n) is 9.44. The third-order valence-corrected chi connectivity index (χ3v) is 8.12. The number of methoxy groups -OCH3 is 1. The van der Waals surface area contributed by atoms with Crippen LogP contribution in [-0.4, -0.2) is 57.1 Å². The van der Waals surface area contributed by atoms with Crippen LogP contribution < -0.4 is 14.4 Å². The molecular formula is C28H40ClN3O5S. The molecule has 2 amide bonds. The van der Waals surface area contributed by atoms with Crippen LogP contribution in [0, 0.1) is 6.92 Å². The van der Waals surface area contributed by atoms with E-state index in [0.717, 1.165) is 18.2 Å². The van der Waals surface area contributed by atoms with Crippen LogP contribution in [-0.2, 0) is 26.2 Å². The van der Waals surface area contributed by atoms with Crippen LogP contribution in [0.5, 0.6) is 5.75 Å². The molecule has 0 fully saturated rings. The van der Waals surface area contributed by atoms with E-state index in [0.29, 0.717) is 28.4 Å². The number of carbonyl (C=O) groups excluding carboxylic acids is 2. The number of nitrogens with one attached hydrogen (secondary N) is 1. The van der Waals surface area contributed by atoms with Crippen molar-refractivity contribution in [2.75, 3.05) is 24.2 Å². The number of rotatable bonds is 14. The Morgan fingerprint density at radius 1 is 1.11 bits per heavy atom. The van der Waals surface area contributed by atoms with Crippen LogP contribution in [0.15, 0.2) is 42.5 Å². The quantitative estimate of drug-likeness (QED) is 0.350. The summed E-state index contributed by atoms with van der Waals surface area (Å²) in [6, 6.07) is 11.8. The van der Waals surface area contributed by atoms with E-state index in [4.69, 9.17) is 16.3 Å². The zero-order valence-corrected chi connectivity index (χ0v) is 24.7. The Labute approximate surface area is 232 Å². The number of nitrogens with zero attached hydrogens (tertiary/aromatic N) is 2. The van der Waals surface area contributed by atoms with E-state index >= 15 is 0 Å². The number of ether oxygens (including phenoxy) is 1. The summed E-state index contributed by atoms with van der Waals surface area (Å²) in [5.41, 5.74) is 1.97. The van der Waals surface area contributed by atoms with E-state index in [-0.39, 0.29) is 43.8 Å².